The Kier molecular flexibility index (Phi) is 9.62. The van der Waals surface area contributed by atoms with Crippen LogP contribution in [0.25, 0.3) is 11.0 Å². The van der Waals surface area contributed by atoms with Crippen molar-refractivity contribution in [3.63, 3.8) is 0 Å². The third kappa shape index (κ3) is 6.52. The van der Waals surface area contributed by atoms with Gasteiger partial charge in [0.2, 0.25) is 0 Å². The Morgan fingerprint density at radius 3 is 2.69 bits per heavy atom. The van der Waals surface area contributed by atoms with Crippen LogP contribution in [0.4, 0.5) is 5.82 Å². The highest BCUT2D eigenvalue weighted by atomic mass is 127. The average Bonchev–Trinajstić information content (AvgIpc) is 3.16. The van der Waals surface area contributed by atoms with Crippen LogP contribution in [-0.4, -0.2) is 77.3 Å². The molecule has 11 heteroatoms. The van der Waals surface area contributed by atoms with Crippen LogP contribution < -0.4 is 16.0 Å². The molecule has 2 heterocycles. The maximum Gasteiger partial charge on any atom is 0.253 e. The summed E-state index contributed by atoms with van der Waals surface area (Å²) in [6.45, 7) is 2.03. The number of carbonyl (C=O) groups excluding carboxylic acids is 1. The molecule has 0 atom stereocenters. The number of benzene rings is 1. The lowest BCUT2D eigenvalue weighted by molar-refractivity contribution is 0.0827. The summed E-state index contributed by atoms with van der Waals surface area (Å²) in [6, 6.07) is 7.71. The lowest BCUT2D eigenvalue weighted by Gasteiger charge is -2.13. The molecule has 0 unspecified atom stereocenters. The molecule has 1 amide bonds. The number of aliphatic imine (C=N–C) groups is 1. The topological polar surface area (TPSA) is 112 Å². The van der Waals surface area contributed by atoms with Gasteiger partial charge in [-0.2, -0.15) is 5.10 Å². The fourth-order valence-corrected chi connectivity index (χ4v) is 3.13. The van der Waals surface area contributed by atoms with E-state index in [-0.39, 0.29) is 29.9 Å². The largest absolute Gasteiger partial charge is 0.368 e. The molecular formula is C21H30IN9O. The maximum atomic E-state index is 12.1. The van der Waals surface area contributed by atoms with Crippen molar-refractivity contribution in [3.05, 3.63) is 47.9 Å². The maximum absolute atomic E-state index is 12.1. The normalized spacial score (nSPS) is 11.1. The fourth-order valence-electron chi connectivity index (χ4n) is 3.13. The van der Waals surface area contributed by atoms with Crippen molar-refractivity contribution >= 4 is 52.7 Å². The molecule has 0 aliphatic heterocycles. The average molecular weight is 551 g/mol. The quantitative estimate of drug-likeness (QED) is 0.168. The van der Waals surface area contributed by atoms with Crippen molar-refractivity contribution in [3.8, 4) is 0 Å². The number of aromatic nitrogens is 4. The van der Waals surface area contributed by atoms with Crippen LogP contribution in [0.1, 0.15) is 15.9 Å². The third-order valence-electron chi connectivity index (χ3n) is 4.75. The summed E-state index contributed by atoms with van der Waals surface area (Å²) in [5.74, 6) is 1.48. The number of hydrogen-bond donors (Lipinski definition) is 3. The van der Waals surface area contributed by atoms with Crippen molar-refractivity contribution in [1.82, 2.24) is 35.3 Å². The molecule has 0 spiro atoms. The zero-order chi connectivity index (χ0) is 22.2. The SMILES string of the molecule is CN=C(NCCNc1ncnc2c1cnn2C)NCCc1cccc(C(=O)N(C)C)c1.I. The van der Waals surface area contributed by atoms with Gasteiger partial charge in [-0.15, -0.1) is 24.0 Å². The lowest BCUT2D eigenvalue weighted by atomic mass is 10.1. The zero-order valence-corrected chi connectivity index (χ0v) is 21.1. The molecule has 3 N–H and O–H groups in total. The van der Waals surface area contributed by atoms with E-state index in [1.54, 1.807) is 36.9 Å². The Bertz CT molecular complexity index is 1060. The molecule has 1 aromatic carbocycles. The molecule has 0 bridgehead atoms. The highest BCUT2D eigenvalue weighted by molar-refractivity contribution is 14.0. The van der Waals surface area contributed by atoms with Crippen LogP contribution in [0, 0.1) is 0 Å². The Morgan fingerprint density at radius 2 is 1.94 bits per heavy atom. The molecule has 0 radical (unpaired) electrons. The standard InChI is InChI=1S/C21H29N9O.HI/c1-22-21(24-9-8-15-6-5-7-16(12-15)20(31)29(2)3)25-11-10-23-18-17-13-28-30(4)19(17)27-14-26-18;/h5-7,12-14H,8-11H2,1-4H3,(H2,22,24,25)(H,23,26,27);1H. The van der Waals surface area contributed by atoms with E-state index in [0.29, 0.717) is 25.2 Å². The summed E-state index contributed by atoms with van der Waals surface area (Å²) < 4.78 is 1.72. The smallest absolute Gasteiger partial charge is 0.253 e. The molecule has 0 aliphatic carbocycles. The molecule has 0 fully saturated rings. The minimum atomic E-state index is 0. The van der Waals surface area contributed by atoms with Gasteiger partial charge in [-0.05, 0) is 24.1 Å². The van der Waals surface area contributed by atoms with Crippen LogP contribution >= 0.6 is 24.0 Å². The fraction of sp³-hybridized carbons (Fsp3) is 0.381. The minimum Gasteiger partial charge on any atom is -0.368 e. The molecule has 0 aliphatic rings. The highest BCUT2D eigenvalue weighted by Gasteiger charge is 2.09. The molecule has 3 rings (SSSR count). The summed E-state index contributed by atoms with van der Waals surface area (Å²) in [4.78, 5) is 26.5. The summed E-state index contributed by atoms with van der Waals surface area (Å²) in [6.07, 6.45) is 4.07. The Labute approximate surface area is 204 Å². The first-order chi connectivity index (χ1) is 15.0. The van der Waals surface area contributed by atoms with Crippen molar-refractivity contribution < 1.29 is 4.79 Å². The van der Waals surface area contributed by atoms with Gasteiger partial charge < -0.3 is 20.9 Å². The monoisotopic (exact) mass is 551 g/mol. The van der Waals surface area contributed by atoms with E-state index in [4.69, 9.17) is 0 Å². The van der Waals surface area contributed by atoms with Gasteiger partial charge in [-0.25, -0.2) is 9.97 Å². The lowest BCUT2D eigenvalue weighted by Crippen LogP contribution is -2.40. The second-order valence-corrected chi connectivity index (χ2v) is 7.23. The van der Waals surface area contributed by atoms with Gasteiger partial charge in [0.1, 0.15) is 12.1 Å². The van der Waals surface area contributed by atoms with E-state index in [9.17, 15) is 4.79 Å². The van der Waals surface area contributed by atoms with E-state index in [0.717, 1.165) is 34.8 Å². The van der Waals surface area contributed by atoms with Gasteiger partial charge in [-0.3, -0.25) is 14.5 Å². The number of guanidine groups is 1. The van der Waals surface area contributed by atoms with Gasteiger partial charge in [0.15, 0.2) is 11.6 Å². The first kappa shape index (κ1) is 25.3. The molecule has 3 aromatic rings. The number of aryl methyl sites for hydroxylation is 1. The highest BCUT2D eigenvalue weighted by Crippen LogP contribution is 2.17. The third-order valence-corrected chi connectivity index (χ3v) is 4.75. The van der Waals surface area contributed by atoms with Gasteiger partial charge >= 0.3 is 0 Å². The number of nitrogens with zero attached hydrogens (tertiary/aromatic N) is 6. The number of carbonyl (C=O) groups is 1. The Hall–Kier alpha value is -2.96. The molecule has 10 nitrogen and oxygen atoms in total. The molecule has 0 saturated heterocycles. The summed E-state index contributed by atoms with van der Waals surface area (Å²) >= 11 is 0. The number of hydrogen-bond acceptors (Lipinski definition) is 6. The summed E-state index contributed by atoms with van der Waals surface area (Å²) in [7, 11) is 7.10. The molecule has 172 valence electrons. The molecule has 32 heavy (non-hydrogen) atoms. The van der Waals surface area contributed by atoms with Gasteiger partial charge in [0, 0.05) is 53.4 Å². The number of rotatable bonds is 8. The van der Waals surface area contributed by atoms with Crippen LogP contribution in [0.2, 0.25) is 0 Å². The number of nitrogens with one attached hydrogen (secondary N) is 3. The first-order valence-corrected chi connectivity index (χ1v) is 10.1. The molecule has 2 aromatic heterocycles. The number of halogens is 1. The van der Waals surface area contributed by atoms with Crippen LogP contribution in [0.5, 0.6) is 0 Å². The van der Waals surface area contributed by atoms with Crippen molar-refractivity contribution in [2.24, 2.45) is 12.0 Å². The second kappa shape index (κ2) is 12.2. The molecular weight excluding hydrogens is 521 g/mol. The van der Waals surface area contributed by atoms with E-state index in [1.807, 2.05) is 31.3 Å². The second-order valence-electron chi connectivity index (χ2n) is 7.23. The predicted octanol–water partition coefficient (Wildman–Crippen LogP) is 1.50. The summed E-state index contributed by atoms with van der Waals surface area (Å²) in [5.41, 5.74) is 2.59. The van der Waals surface area contributed by atoms with Crippen molar-refractivity contribution in [1.29, 1.82) is 0 Å². The Balaban J connectivity index is 0.00000363. The number of anilines is 1. The number of fused-ring (bicyclic) bond motifs is 1. The molecule has 0 saturated carbocycles. The van der Waals surface area contributed by atoms with Crippen molar-refractivity contribution in [2.75, 3.05) is 46.1 Å². The van der Waals surface area contributed by atoms with Crippen LogP contribution in [-0.2, 0) is 13.5 Å². The van der Waals surface area contributed by atoms with E-state index < -0.39 is 0 Å². The first-order valence-electron chi connectivity index (χ1n) is 10.1. The summed E-state index contributed by atoms with van der Waals surface area (Å²) in [5, 5.41) is 15.0. The van der Waals surface area contributed by atoms with E-state index >= 15 is 0 Å². The number of amides is 1. The minimum absolute atomic E-state index is 0. The van der Waals surface area contributed by atoms with E-state index in [1.165, 1.54) is 6.33 Å². The van der Waals surface area contributed by atoms with Crippen molar-refractivity contribution in [2.45, 2.75) is 6.42 Å². The van der Waals surface area contributed by atoms with Crippen LogP contribution in [0.15, 0.2) is 41.8 Å². The van der Waals surface area contributed by atoms with Gasteiger partial charge in [-0.1, -0.05) is 12.1 Å². The van der Waals surface area contributed by atoms with Gasteiger partial charge in [0.25, 0.3) is 5.91 Å². The zero-order valence-electron chi connectivity index (χ0n) is 18.8. The van der Waals surface area contributed by atoms with Gasteiger partial charge in [0.05, 0.1) is 11.6 Å². The Morgan fingerprint density at radius 1 is 1.16 bits per heavy atom. The van der Waals surface area contributed by atoms with Crippen LogP contribution in [0.3, 0.4) is 0 Å². The predicted molar refractivity (Wildman–Crippen MR) is 138 cm³/mol. The van der Waals surface area contributed by atoms with E-state index in [2.05, 4.69) is 36.0 Å².